The zero-order valence-corrected chi connectivity index (χ0v) is 29.9. The Balaban J connectivity index is 1.20. The van der Waals surface area contributed by atoms with Crippen molar-refractivity contribution < 1.29 is 28.2 Å². The fraction of sp³-hybridized carbons (Fsp3) is 0.395. The number of hydrogen-bond acceptors (Lipinski definition) is 6. The van der Waals surface area contributed by atoms with Crippen LogP contribution in [-0.4, -0.2) is 30.9 Å². The third kappa shape index (κ3) is 10.9. The van der Waals surface area contributed by atoms with Gasteiger partial charge in [-0.15, -0.1) is 0 Å². The molecule has 2 heterocycles. The predicted molar refractivity (Wildman–Crippen MR) is 196 cm³/mol. The van der Waals surface area contributed by atoms with E-state index in [4.69, 9.17) is 18.6 Å². The second-order valence-corrected chi connectivity index (χ2v) is 14.3. The zero-order valence-electron chi connectivity index (χ0n) is 29.9. The Hall–Kier alpha value is -4.80. The molecular weight excluding hydrogens is 626 g/mol. The van der Waals surface area contributed by atoms with Crippen LogP contribution in [0.2, 0.25) is 0 Å². The van der Waals surface area contributed by atoms with Crippen LogP contribution in [0.1, 0.15) is 81.4 Å². The highest BCUT2D eigenvalue weighted by atomic mass is 16.6. The predicted octanol–water partition coefficient (Wildman–Crippen LogP) is 9.29. The molecule has 0 radical (unpaired) electrons. The molecule has 1 fully saturated rings. The number of cyclic esters (lactones) is 1. The lowest BCUT2D eigenvalue weighted by molar-refractivity contribution is -0.157. The molecule has 1 aliphatic rings. The van der Waals surface area contributed by atoms with E-state index in [-0.39, 0.29) is 25.7 Å². The molecule has 4 aromatic rings. The van der Waals surface area contributed by atoms with Gasteiger partial charge in [-0.1, -0.05) is 93.6 Å². The van der Waals surface area contributed by atoms with Crippen molar-refractivity contribution in [1.29, 1.82) is 0 Å². The minimum atomic E-state index is -1.12. The van der Waals surface area contributed by atoms with Gasteiger partial charge in [-0.25, -0.2) is 9.59 Å². The topological polar surface area (TPSA) is 87.0 Å². The molecular formula is C43H49NO6. The summed E-state index contributed by atoms with van der Waals surface area (Å²) in [5.41, 5.74) is 4.21. The van der Waals surface area contributed by atoms with E-state index in [2.05, 4.69) is 44.9 Å². The second-order valence-electron chi connectivity index (χ2n) is 14.3. The number of ether oxygens (including phenoxy) is 3. The number of hydrogen-bond donors (Lipinski definition) is 1. The molecule has 7 heteroatoms. The van der Waals surface area contributed by atoms with Gasteiger partial charge in [-0.2, -0.15) is 0 Å². The third-order valence-corrected chi connectivity index (χ3v) is 8.71. The number of amides is 1. The van der Waals surface area contributed by atoms with Gasteiger partial charge in [0.1, 0.15) is 18.0 Å². The highest BCUT2D eigenvalue weighted by molar-refractivity contribution is 5.91. The quantitative estimate of drug-likeness (QED) is 0.0815. The third-order valence-electron chi connectivity index (χ3n) is 8.71. The smallest absolute Gasteiger partial charge is 0.407 e. The standard InChI is InChI=1S/C43H49NO6/c1-30(2)21-36(22-31(3)4)17-19-37-25-43(50-41(37)45,28-47-27-35-9-7-6-8-10-35)29-48-42(46)44-26-39-24-38-23-34(18-20-40(38)49-39)16-15-33-13-11-32(5)12-14-33/h6-14,18-20,23-24,30-31,36H,17,21-22,25-29H2,1-5H3,(H,44,46)/b37-19+/t43-/m1/s1. The number of esters is 1. The number of rotatable bonds is 14. The molecule has 0 aliphatic carbocycles. The van der Waals surface area contributed by atoms with E-state index >= 15 is 0 Å². The molecule has 0 bridgehead atoms. The van der Waals surface area contributed by atoms with Crippen molar-refractivity contribution in [1.82, 2.24) is 5.32 Å². The lowest BCUT2D eigenvalue weighted by Crippen LogP contribution is -2.41. The first-order chi connectivity index (χ1) is 24.1. The first-order valence-electron chi connectivity index (χ1n) is 17.6. The SMILES string of the molecule is Cc1ccc(C#Cc2ccc3oc(CNC(=O)OC[C@]4(COCc5ccccc5)C/C(=C\CC(CC(C)C)CC(C)C)C(=O)O4)cc3c2)cc1. The summed E-state index contributed by atoms with van der Waals surface area (Å²) in [6.45, 7) is 11.4. The van der Waals surface area contributed by atoms with Gasteiger partial charge < -0.3 is 23.9 Å². The van der Waals surface area contributed by atoms with E-state index in [0.717, 1.165) is 41.3 Å². The fourth-order valence-corrected chi connectivity index (χ4v) is 6.39. The average molecular weight is 676 g/mol. The van der Waals surface area contributed by atoms with Crippen LogP contribution in [0, 0.1) is 36.5 Å². The highest BCUT2D eigenvalue weighted by Crippen LogP contribution is 2.34. The number of allylic oxidation sites excluding steroid dienone is 1. The Morgan fingerprint density at radius 1 is 0.920 bits per heavy atom. The minimum absolute atomic E-state index is 0.0956. The van der Waals surface area contributed by atoms with Crippen molar-refractivity contribution in [2.24, 2.45) is 17.8 Å². The highest BCUT2D eigenvalue weighted by Gasteiger charge is 2.45. The largest absolute Gasteiger partial charge is 0.459 e. The Morgan fingerprint density at radius 2 is 1.62 bits per heavy atom. The molecule has 5 rings (SSSR count). The molecule has 0 spiro atoms. The Morgan fingerprint density at radius 3 is 2.34 bits per heavy atom. The van der Waals surface area contributed by atoms with Crippen molar-refractivity contribution in [2.75, 3.05) is 13.2 Å². The van der Waals surface area contributed by atoms with Gasteiger partial charge in [0.05, 0.1) is 19.8 Å². The molecule has 1 aromatic heterocycles. The number of alkyl carbamates (subject to hydrolysis) is 1. The second kappa shape index (κ2) is 17.2. The molecule has 0 unspecified atom stereocenters. The average Bonchev–Trinajstić information content (AvgIpc) is 3.64. The lowest BCUT2D eigenvalue weighted by Gasteiger charge is -2.26. The van der Waals surface area contributed by atoms with Crippen molar-refractivity contribution >= 4 is 23.0 Å². The summed E-state index contributed by atoms with van der Waals surface area (Å²) in [5.74, 6) is 8.23. The van der Waals surface area contributed by atoms with Crippen LogP contribution < -0.4 is 5.32 Å². The van der Waals surface area contributed by atoms with E-state index in [1.807, 2.05) is 91.9 Å². The van der Waals surface area contributed by atoms with Crippen molar-refractivity contribution in [3.8, 4) is 11.8 Å². The number of benzene rings is 3. The summed E-state index contributed by atoms with van der Waals surface area (Å²) < 4.78 is 23.6. The van der Waals surface area contributed by atoms with Crippen LogP contribution in [0.5, 0.6) is 0 Å². The molecule has 1 N–H and O–H groups in total. The van der Waals surface area contributed by atoms with Gasteiger partial charge in [-0.3, -0.25) is 0 Å². The Kier molecular flexibility index (Phi) is 12.6. The fourth-order valence-electron chi connectivity index (χ4n) is 6.39. The molecule has 1 saturated heterocycles. The molecule has 1 aliphatic heterocycles. The minimum Gasteiger partial charge on any atom is -0.459 e. The van der Waals surface area contributed by atoms with Crippen molar-refractivity contribution in [2.45, 2.75) is 79.1 Å². The van der Waals surface area contributed by atoms with Crippen LogP contribution in [0.15, 0.2) is 94.9 Å². The molecule has 262 valence electrons. The molecule has 3 aromatic carbocycles. The number of furan rings is 1. The molecule has 1 atom stereocenters. The number of fused-ring (bicyclic) bond motifs is 1. The van der Waals surface area contributed by atoms with Crippen LogP contribution >= 0.6 is 0 Å². The van der Waals surface area contributed by atoms with Gasteiger partial charge in [0.2, 0.25) is 0 Å². The van der Waals surface area contributed by atoms with E-state index in [9.17, 15) is 9.59 Å². The van der Waals surface area contributed by atoms with E-state index < -0.39 is 11.7 Å². The van der Waals surface area contributed by atoms with Gasteiger partial charge in [0.25, 0.3) is 0 Å². The summed E-state index contributed by atoms with van der Waals surface area (Å²) in [6, 6.07) is 25.5. The van der Waals surface area contributed by atoms with E-state index in [0.29, 0.717) is 47.7 Å². The number of nitrogens with one attached hydrogen (secondary N) is 1. The normalized spacial score (nSPS) is 16.6. The maximum Gasteiger partial charge on any atom is 0.407 e. The van der Waals surface area contributed by atoms with E-state index in [1.165, 1.54) is 5.56 Å². The maximum atomic E-state index is 13.1. The van der Waals surface area contributed by atoms with Gasteiger partial charge >= 0.3 is 12.1 Å². The summed E-state index contributed by atoms with van der Waals surface area (Å²) in [5, 5.41) is 3.66. The summed E-state index contributed by atoms with van der Waals surface area (Å²) in [4.78, 5) is 26.1. The van der Waals surface area contributed by atoms with Crippen molar-refractivity contribution in [3.05, 3.63) is 119 Å². The van der Waals surface area contributed by atoms with Gasteiger partial charge in [-0.05, 0) is 85.9 Å². The van der Waals surface area contributed by atoms with Crippen molar-refractivity contribution in [3.63, 3.8) is 0 Å². The Labute approximate surface area is 296 Å². The van der Waals surface area contributed by atoms with Crippen LogP contribution in [0.3, 0.4) is 0 Å². The van der Waals surface area contributed by atoms with Gasteiger partial charge in [0, 0.05) is 28.5 Å². The number of carbonyl (C=O) groups is 2. The van der Waals surface area contributed by atoms with Crippen LogP contribution in [-0.2, 0) is 32.2 Å². The molecule has 1 amide bonds. The number of aryl methyl sites for hydroxylation is 1. The zero-order chi connectivity index (χ0) is 35.5. The summed E-state index contributed by atoms with van der Waals surface area (Å²) >= 11 is 0. The lowest BCUT2D eigenvalue weighted by atomic mass is 9.86. The molecule has 7 nitrogen and oxygen atoms in total. The van der Waals surface area contributed by atoms with E-state index in [1.54, 1.807) is 0 Å². The Bertz CT molecular complexity index is 1820. The maximum absolute atomic E-state index is 13.1. The number of carbonyl (C=O) groups excluding carboxylic acids is 2. The summed E-state index contributed by atoms with van der Waals surface area (Å²) in [6.07, 6.45) is 4.70. The van der Waals surface area contributed by atoms with Crippen LogP contribution in [0.4, 0.5) is 4.79 Å². The monoisotopic (exact) mass is 675 g/mol. The summed E-state index contributed by atoms with van der Waals surface area (Å²) in [7, 11) is 0. The molecule has 0 saturated carbocycles. The van der Waals surface area contributed by atoms with Crippen LogP contribution in [0.25, 0.3) is 11.0 Å². The molecule has 50 heavy (non-hydrogen) atoms. The first kappa shape index (κ1) is 36.5. The first-order valence-corrected chi connectivity index (χ1v) is 17.6. The van der Waals surface area contributed by atoms with Gasteiger partial charge in [0.15, 0.2) is 5.60 Å².